The van der Waals surface area contributed by atoms with Gasteiger partial charge in [-0.3, -0.25) is 4.57 Å². The maximum atomic E-state index is 14.8. The van der Waals surface area contributed by atoms with E-state index in [4.69, 9.17) is 11.6 Å². The Hall–Kier alpha value is -3.42. The standard InChI is InChI=1S/C31H25ClNOP/c32-28-22-20-27(21-23-28)31(26-18-16-25(17-19-26)24-10-4-1-5-11-24)33-35(34,29-12-6-2-7-13-29)30-14-8-3-9-15-30/h1-23,31H,(H,33,34)/t31-/m1/s1. The van der Waals surface area contributed by atoms with Gasteiger partial charge in [0.1, 0.15) is 0 Å². The first-order valence-electron chi connectivity index (χ1n) is 11.5. The van der Waals surface area contributed by atoms with E-state index in [-0.39, 0.29) is 6.04 Å². The third kappa shape index (κ3) is 5.16. The first kappa shape index (κ1) is 23.3. The van der Waals surface area contributed by atoms with Crippen LogP contribution in [0.15, 0.2) is 140 Å². The summed E-state index contributed by atoms with van der Waals surface area (Å²) < 4.78 is 14.8. The van der Waals surface area contributed by atoms with Crippen molar-refractivity contribution in [2.24, 2.45) is 0 Å². The molecule has 35 heavy (non-hydrogen) atoms. The van der Waals surface area contributed by atoms with E-state index in [2.05, 4.69) is 41.5 Å². The molecule has 0 saturated carbocycles. The molecule has 5 aromatic carbocycles. The van der Waals surface area contributed by atoms with Crippen molar-refractivity contribution in [3.63, 3.8) is 0 Å². The molecule has 0 heterocycles. The summed E-state index contributed by atoms with van der Waals surface area (Å²) in [6, 6.07) is 45.5. The van der Waals surface area contributed by atoms with Crippen molar-refractivity contribution in [2.75, 3.05) is 0 Å². The first-order chi connectivity index (χ1) is 17.1. The summed E-state index contributed by atoms with van der Waals surface area (Å²) >= 11 is 6.20. The molecule has 1 N–H and O–H groups in total. The van der Waals surface area contributed by atoms with Gasteiger partial charge < -0.3 is 0 Å². The summed E-state index contributed by atoms with van der Waals surface area (Å²) in [5.74, 6) is 0. The fourth-order valence-electron chi connectivity index (χ4n) is 4.25. The van der Waals surface area contributed by atoms with Crippen molar-refractivity contribution in [1.82, 2.24) is 5.09 Å². The van der Waals surface area contributed by atoms with Gasteiger partial charge in [-0.1, -0.05) is 115 Å². The van der Waals surface area contributed by atoms with E-state index >= 15 is 0 Å². The van der Waals surface area contributed by atoms with Gasteiger partial charge in [0.15, 0.2) is 0 Å². The fraction of sp³-hybridized carbons (Fsp3) is 0.0323. The van der Waals surface area contributed by atoms with Gasteiger partial charge in [0, 0.05) is 15.6 Å². The molecule has 0 fully saturated rings. The number of rotatable bonds is 7. The third-order valence-corrected chi connectivity index (χ3v) is 9.03. The minimum atomic E-state index is -3.18. The topological polar surface area (TPSA) is 29.1 Å². The minimum Gasteiger partial charge on any atom is -0.296 e. The van der Waals surface area contributed by atoms with Crippen molar-refractivity contribution in [1.29, 1.82) is 0 Å². The van der Waals surface area contributed by atoms with Crippen LogP contribution in [-0.2, 0) is 4.57 Å². The van der Waals surface area contributed by atoms with Crippen LogP contribution in [0.5, 0.6) is 0 Å². The summed E-state index contributed by atoms with van der Waals surface area (Å²) in [5.41, 5.74) is 4.32. The lowest BCUT2D eigenvalue weighted by Crippen LogP contribution is -2.31. The lowest BCUT2D eigenvalue weighted by Gasteiger charge is -2.28. The van der Waals surface area contributed by atoms with E-state index < -0.39 is 7.29 Å². The highest BCUT2D eigenvalue weighted by molar-refractivity contribution is 7.76. The molecule has 0 aliphatic heterocycles. The van der Waals surface area contributed by atoms with Crippen molar-refractivity contribution < 1.29 is 4.57 Å². The molecule has 0 aliphatic rings. The van der Waals surface area contributed by atoms with Crippen LogP contribution in [0.2, 0.25) is 5.02 Å². The second-order valence-corrected chi connectivity index (χ2v) is 11.3. The lowest BCUT2D eigenvalue weighted by atomic mass is 9.97. The average molecular weight is 494 g/mol. The van der Waals surface area contributed by atoms with E-state index in [1.807, 2.05) is 103 Å². The fourth-order valence-corrected chi connectivity index (χ4v) is 6.82. The van der Waals surface area contributed by atoms with Crippen molar-refractivity contribution in [3.05, 3.63) is 156 Å². The Bertz CT molecular complexity index is 1380. The molecule has 172 valence electrons. The summed E-state index contributed by atoms with van der Waals surface area (Å²) in [4.78, 5) is 0. The molecule has 5 aromatic rings. The van der Waals surface area contributed by atoms with Crippen LogP contribution in [0.3, 0.4) is 0 Å². The molecule has 0 bridgehead atoms. The molecule has 2 nitrogen and oxygen atoms in total. The normalized spacial score (nSPS) is 12.3. The Morgan fingerprint density at radius 2 is 0.914 bits per heavy atom. The number of hydrogen-bond donors (Lipinski definition) is 1. The Balaban J connectivity index is 1.60. The van der Waals surface area contributed by atoms with Gasteiger partial charge in [0.2, 0.25) is 7.29 Å². The molecule has 0 aromatic heterocycles. The number of halogens is 1. The molecule has 0 radical (unpaired) electrons. The average Bonchev–Trinajstić information content (AvgIpc) is 2.94. The largest absolute Gasteiger partial charge is 0.296 e. The van der Waals surface area contributed by atoms with Gasteiger partial charge in [-0.2, -0.15) is 0 Å². The second-order valence-electron chi connectivity index (χ2n) is 8.38. The summed E-state index contributed by atoms with van der Waals surface area (Å²) in [5, 5.41) is 5.79. The lowest BCUT2D eigenvalue weighted by molar-refractivity contribution is 0.572. The highest BCUT2D eigenvalue weighted by Gasteiger charge is 2.31. The molecular formula is C31H25ClNOP. The summed E-state index contributed by atoms with van der Waals surface area (Å²) in [6.45, 7) is 0. The highest BCUT2D eigenvalue weighted by Crippen LogP contribution is 2.43. The monoisotopic (exact) mass is 493 g/mol. The second kappa shape index (κ2) is 10.5. The zero-order chi connectivity index (χ0) is 24.1. The molecule has 5 rings (SSSR count). The Morgan fingerprint density at radius 3 is 1.40 bits per heavy atom. The first-order valence-corrected chi connectivity index (χ1v) is 13.6. The minimum absolute atomic E-state index is 0.302. The Labute approximate surface area is 211 Å². The Kier molecular flexibility index (Phi) is 6.97. The van der Waals surface area contributed by atoms with E-state index in [9.17, 15) is 4.57 Å². The van der Waals surface area contributed by atoms with Gasteiger partial charge in [-0.15, -0.1) is 0 Å². The SMILES string of the molecule is O=P(N[C@@H](c1ccc(Cl)cc1)c1ccc(-c2ccccc2)cc1)(c1ccccc1)c1ccccc1. The van der Waals surface area contributed by atoms with Gasteiger partial charge >= 0.3 is 0 Å². The molecule has 1 atom stereocenters. The van der Waals surface area contributed by atoms with Crippen LogP contribution in [0.4, 0.5) is 0 Å². The predicted octanol–water partition coefficient (Wildman–Crippen LogP) is 7.62. The Morgan fingerprint density at radius 1 is 0.514 bits per heavy atom. The van der Waals surface area contributed by atoms with Crippen LogP contribution >= 0.6 is 18.9 Å². The van der Waals surface area contributed by atoms with Crippen molar-refractivity contribution >= 4 is 29.5 Å². The summed E-state index contributed by atoms with van der Waals surface area (Å²) in [6.07, 6.45) is 0. The van der Waals surface area contributed by atoms with Gasteiger partial charge in [-0.25, -0.2) is 5.09 Å². The van der Waals surface area contributed by atoms with Crippen LogP contribution in [0, 0.1) is 0 Å². The number of hydrogen-bond acceptors (Lipinski definition) is 1. The molecular weight excluding hydrogens is 469 g/mol. The molecule has 0 aliphatic carbocycles. The quantitative estimate of drug-likeness (QED) is 0.236. The van der Waals surface area contributed by atoms with Crippen LogP contribution in [-0.4, -0.2) is 0 Å². The van der Waals surface area contributed by atoms with Gasteiger partial charge in [-0.05, 0) is 58.7 Å². The zero-order valence-corrected chi connectivity index (χ0v) is 20.7. The molecule has 0 unspecified atom stereocenters. The van der Waals surface area contributed by atoms with Crippen LogP contribution in [0.1, 0.15) is 17.2 Å². The van der Waals surface area contributed by atoms with Gasteiger partial charge in [0.05, 0.1) is 6.04 Å². The highest BCUT2D eigenvalue weighted by atomic mass is 35.5. The smallest absolute Gasteiger partial charge is 0.205 e. The molecule has 0 saturated heterocycles. The van der Waals surface area contributed by atoms with Crippen molar-refractivity contribution in [3.8, 4) is 11.1 Å². The number of benzene rings is 5. The maximum absolute atomic E-state index is 14.8. The van der Waals surface area contributed by atoms with E-state index in [0.717, 1.165) is 32.9 Å². The third-order valence-electron chi connectivity index (χ3n) is 6.10. The predicted molar refractivity (Wildman–Crippen MR) is 148 cm³/mol. The number of nitrogens with one attached hydrogen (secondary N) is 1. The van der Waals surface area contributed by atoms with Crippen LogP contribution in [0.25, 0.3) is 11.1 Å². The van der Waals surface area contributed by atoms with Gasteiger partial charge in [0.25, 0.3) is 0 Å². The van der Waals surface area contributed by atoms with E-state index in [1.165, 1.54) is 0 Å². The molecule has 4 heteroatoms. The van der Waals surface area contributed by atoms with Crippen LogP contribution < -0.4 is 15.7 Å². The molecule has 0 amide bonds. The molecule has 0 spiro atoms. The van der Waals surface area contributed by atoms with E-state index in [0.29, 0.717) is 5.02 Å². The van der Waals surface area contributed by atoms with Crippen molar-refractivity contribution in [2.45, 2.75) is 6.04 Å². The zero-order valence-electron chi connectivity index (χ0n) is 19.1. The van der Waals surface area contributed by atoms with E-state index in [1.54, 1.807) is 0 Å². The maximum Gasteiger partial charge on any atom is 0.205 e. The summed E-state index contributed by atoms with van der Waals surface area (Å²) in [7, 11) is -3.18.